The molecular weight excluding hydrogens is 424 g/mol. The molecule has 0 fully saturated rings. The second kappa shape index (κ2) is 9.56. The van der Waals surface area contributed by atoms with Gasteiger partial charge in [0.05, 0.1) is 12.8 Å². The Morgan fingerprint density at radius 1 is 0.941 bits per heavy atom. The average molecular weight is 455 g/mol. The van der Waals surface area contributed by atoms with E-state index in [2.05, 4.69) is 50.5 Å². The number of fused-ring (bicyclic) bond motifs is 1. The molecule has 2 N–H and O–H groups in total. The number of anilines is 2. The van der Waals surface area contributed by atoms with Crippen LogP contribution < -0.4 is 15.4 Å². The van der Waals surface area contributed by atoms with Crippen molar-refractivity contribution in [1.82, 2.24) is 0 Å². The van der Waals surface area contributed by atoms with E-state index in [1.165, 1.54) is 0 Å². The van der Waals surface area contributed by atoms with Crippen molar-refractivity contribution in [3.63, 3.8) is 0 Å². The minimum absolute atomic E-state index is 0.158. The number of rotatable bonds is 6. The number of hydrogen-bond acceptors (Lipinski definition) is 3. The summed E-state index contributed by atoms with van der Waals surface area (Å²) >= 11 is 0. The predicted molar refractivity (Wildman–Crippen MR) is 139 cm³/mol. The molecule has 5 heteroatoms. The number of hydrogen-bond donors (Lipinski definition) is 2. The van der Waals surface area contributed by atoms with Crippen molar-refractivity contribution >= 4 is 34.8 Å². The molecule has 0 saturated heterocycles. The van der Waals surface area contributed by atoms with Crippen LogP contribution in [0.3, 0.4) is 0 Å². The summed E-state index contributed by atoms with van der Waals surface area (Å²) in [5, 5.41) is 5.83. The Morgan fingerprint density at radius 3 is 2.18 bits per heavy atom. The fraction of sp³-hybridized carbons (Fsp3) is 0.241. The van der Waals surface area contributed by atoms with Crippen LogP contribution in [0.2, 0.25) is 0 Å². The van der Waals surface area contributed by atoms with Gasteiger partial charge in [0.25, 0.3) is 11.8 Å². The van der Waals surface area contributed by atoms with E-state index in [9.17, 15) is 9.59 Å². The fourth-order valence-electron chi connectivity index (χ4n) is 4.25. The van der Waals surface area contributed by atoms with Gasteiger partial charge in [0.15, 0.2) is 0 Å². The van der Waals surface area contributed by atoms with Crippen molar-refractivity contribution in [3.05, 3.63) is 88.5 Å². The first-order valence-corrected chi connectivity index (χ1v) is 11.5. The number of benzene rings is 3. The molecular formula is C29H30N2O3. The smallest absolute Gasteiger partial charge is 0.256 e. The molecule has 4 rings (SSSR count). The average Bonchev–Trinajstić information content (AvgIpc) is 3.12. The topological polar surface area (TPSA) is 67.4 Å². The molecule has 2 amide bonds. The Kier molecular flexibility index (Phi) is 6.55. The van der Waals surface area contributed by atoms with Gasteiger partial charge >= 0.3 is 0 Å². The highest BCUT2D eigenvalue weighted by Gasteiger charge is 2.25. The van der Waals surface area contributed by atoms with Crippen LogP contribution in [0, 0.1) is 0 Å². The van der Waals surface area contributed by atoms with Gasteiger partial charge < -0.3 is 15.4 Å². The van der Waals surface area contributed by atoms with E-state index < -0.39 is 0 Å². The summed E-state index contributed by atoms with van der Waals surface area (Å²) in [4.78, 5) is 25.3. The number of carbonyl (C=O) groups excluding carboxylic acids is 2. The summed E-state index contributed by atoms with van der Waals surface area (Å²) in [6.45, 7) is 8.56. The van der Waals surface area contributed by atoms with Crippen LogP contribution >= 0.6 is 0 Å². The van der Waals surface area contributed by atoms with Crippen molar-refractivity contribution in [2.24, 2.45) is 0 Å². The number of ether oxygens (including phenoxy) is 1. The van der Waals surface area contributed by atoms with Crippen LogP contribution in [-0.2, 0) is 4.79 Å². The molecule has 0 saturated carbocycles. The van der Waals surface area contributed by atoms with Crippen molar-refractivity contribution in [3.8, 4) is 5.75 Å². The van der Waals surface area contributed by atoms with E-state index in [0.717, 1.165) is 28.0 Å². The van der Waals surface area contributed by atoms with Gasteiger partial charge in [-0.1, -0.05) is 52.0 Å². The van der Waals surface area contributed by atoms with Crippen molar-refractivity contribution < 1.29 is 14.3 Å². The molecule has 3 aromatic rings. The molecule has 174 valence electrons. The number of methoxy groups -OCH3 is 1. The Hall–Kier alpha value is -3.86. The Labute approximate surface area is 200 Å². The summed E-state index contributed by atoms with van der Waals surface area (Å²) in [7, 11) is 1.71. The fourth-order valence-corrected chi connectivity index (χ4v) is 4.25. The Balaban J connectivity index is 1.68. The van der Waals surface area contributed by atoms with Gasteiger partial charge in [-0.25, -0.2) is 0 Å². The second-order valence-electron chi connectivity index (χ2n) is 9.13. The maximum Gasteiger partial charge on any atom is 0.256 e. The SMILES string of the molecule is COc1c(C(C)C)cc(C=C2C(=O)Nc3cc(NC(=O)c4ccccc4)ccc32)cc1C(C)C. The third kappa shape index (κ3) is 4.60. The van der Waals surface area contributed by atoms with Crippen LogP contribution in [0.1, 0.15) is 72.1 Å². The predicted octanol–water partition coefficient (Wildman–Crippen LogP) is 6.69. The van der Waals surface area contributed by atoms with Gasteiger partial charge in [0.2, 0.25) is 0 Å². The maximum absolute atomic E-state index is 12.9. The standard InChI is InChI=1S/C29H30N2O3/c1-17(2)23-13-19(14-24(18(3)4)27(23)34-5)15-25-22-12-11-21(16-26(22)31-29(25)33)30-28(32)20-9-7-6-8-10-20/h6-18H,1-5H3,(H,30,32)(H,31,33). The summed E-state index contributed by atoms with van der Waals surface area (Å²) in [5.41, 5.74) is 6.52. The number of nitrogens with one attached hydrogen (secondary N) is 2. The Morgan fingerprint density at radius 2 is 1.59 bits per heavy atom. The summed E-state index contributed by atoms with van der Waals surface area (Å²) in [5.74, 6) is 1.13. The molecule has 1 heterocycles. The molecule has 0 aromatic heterocycles. The zero-order valence-electron chi connectivity index (χ0n) is 20.2. The van der Waals surface area contributed by atoms with E-state index in [-0.39, 0.29) is 23.7 Å². The minimum atomic E-state index is -0.193. The van der Waals surface area contributed by atoms with E-state index >= 15 is 0 Å². The molecule has 1 aliphatic rings. The van der Waals surface area contributed by atoms with E-state index in [1.807, 2.05) is 36.4 Å². The van der Waals surface area contributed by atoms with Gasteiger partial charge in [-0.05, 0) is 71.0 Å². The molecule has 0 radical (unpaired) electrons. The van der Waals surface area contributed by atoms with Crippen LogP contribution in [0.25, 0.3) is 11.6 Å². The molecule has 5 nitrogen and oxygen atoms in total. The minimum Gasteiger partial charge on any atom is -0.496 e. The van der Waals surface area contributed by atoms with E-state index in [4.69, 9.17) is 4.74 Å². The number of carbonyl (C=O) groups is 2. The zero-order valence-corrected chi connectivity index (χ0v) is 20.2. The lowest BCUT2D eigenvalue weighted by Gasteiger charge is -2.19. The lowest BCUT2D eigenvalue weighted by molar-refractivity contribution is -0.110. The first-order valence-electron chi connectivity index (χ1n) is 11.5. The molecule has 0 bridgehead atoms. The van der Waals surface area contributed by atoms with Crippen molar-refractivity contribution in [2.45, 2.75) is 39.5 Å². The largest absolute Gasteiger partial charge is 0.496 e. The molecule has 0 aliphatic carbocycles. The highest BCUT2D eigenvalue weighted by atomic mass is 16.5. The molecule has 0 unspecified atom stereocenters. The monoisotopic (exact) mass is 454 g/mol. The van der Waals surface area contributed by atoms with Gasteiger partial charge in [-0.3, -0.25) is 9.59 Å². The third-order valence-electron chi connectivity index (χ3n) is 6.02. The third-order valence-corrected chi connectivity index (χ3v) is 6.02. The summed E-state index contributed by atoms with van der Waals surface area (Å²) < 4.78 is 5.74. The highest BCUT2D eigenvalue weighted by molar-refractivity contribution is 6.35. The van der Waals surface area contributed by atoms with Gasteiger partial charge in [-0.15, -0.1) is 0 Å². The lowest BCUT2D eigenvalue weighted by Crippen LogP contribution is -2.11. The summed E-state index contributed by atoms with van der Waals surface area (Å²) in [6.07, 6.45) is 1.93. The van der Waals surface area contributed by atoms with Crippen LogP contribution in [-0.4, -0.2) is 18.9 Å². The normalized spacial score (nSPS) is 13.9. The molecule has 0 spiro atoms. The molecule has 3 aromatic carbocycles. The van der Waals surface area contributed by atoms with Crippen LogP contribution in [0.4, 0.5) is 11.4 Å². The first kappa shape index (κ1) is 23.3. The molecule has 1 aliphatic heterocycles. The van der Waals surface area contributed by atoms with Crippen molar-refractivity contribution in [2.75, 3.05) is 17.7 Å². The van der Waals surface area contributed by atoms with E-state index in [1.54, 1.807) is 25.3 Å². The lowest BCUT2D eigenvalue weighted by atomic mass is 9.90. The zero-order chi connectivity index (χ0) is 24.4. The quantitative estimate of drug-likeness (QED) is 0.408. The Bertz CT molecular complexity index is 1240. The number of amides is 2. The van der Waals surface area contributed by atoms with E-state index in [0.29, 0.717) is 22.5 Å². The van der Waals surface area contributed by atoms with Crippen molar-refractivity contribution in [1.29, 1.82) is 0 Å². The van der Waals surface area contributed by atoms with Crippen LogP contribution in [0.5, 0.6) is 5.75 Å². The van der Waals surface area contributed by atoms with Gasteiger partial charge in [0, 0.05) is 22.4 Å². The van der Waals surface area contributed by atoms with Crippen LogP contribution in [0.15, 0.2) is 60.7 Å². The summed E-state index contributed by atoms with van der Waals surface area (Å²) in [6, 6.07) is 18.7. The first-order chi connectivity index (χ1) is 16.3. The van der Waals surface area contributed by atoms with Gasteiger partial charge in [0.1, 0.15) is 5.75 Å². The molecule has 34 heavy (non-hydrogen) atoms. The maximum atomic E-state index is 12.9. The molecule has 0 atom stereocenters. The van der Waals surface area contributed by atoms with Gasteiger partial charge in [-0.2, -0.15) is 0 Å². The second-order valence-corrected chi connectivity index (χ2v) is 9.13. The highest BCUT2D eigenvalue weighted by Crippen LogP contribution is 2.39.